The Labute approximate surface area is 127 Å². The molecule has 0 aliphatic rings. The van der Waals surface area contributed by atoms with Gasteiger partial charge < -0.3 is 20.2 Å². The molecular weight excluding hydrogens is 284 g/mol. The molecule has 0 saturated carbocycles. The van der Waals surface area contributed by atoms with Crippen LogP contribution in [0.25, 0.3) is 0 Å². The van der Waals surface area contributed by atoms with Gasteiger partial charge in [0.2, 0.25) is 0 Å². The van der Waals surface area contributed by atoms with Crippen LogP contribution in [0.2, 0.25) is 0 Å². The van der Waals surface area contributed by atoms with Crippen LogP contribution in [0.1, 0.15) is 20.7 Å². The summed E-state index contributed by atoms with van der Waals surface area (Å²) in [6.45, 7) is 0.275. The van der Waals surface area contributed by atoms with Crippen LogP contribution >= 0.6 is 0 Å². The van der Waals surface area contributed by atoms with Crippen molar-refractivity contribution in [2.24, 2.45) is 5.73 Å². The van der Waals surface area contributed by atoms with Gasteiger partial charge >= 0.3 is 0 Å². The number of carbonyl (C=O) groups is 2. The molecule has 0 fully saturated rings. The number of nitrogens with two attached hydrogens (primary N) is 1. The van der Waals surface area contributed by atoms with Crippen molar-refractivity contribution in [3.63, 3.8) is 0 Å². The summed E-state index contributed by atoms with van der Waals surface area (Å²) in [4.78, 5) is 22.8. The quantitative estimate of drug-likeness (QED) is 0.811. The largest absolute Gasteiger partial charge is 0.480 e. The van der Waals surface area contributed by atoms with Crippen molar-refractivity contribution in [3.05, 3.63) is 54.0 Å². The highest BCUT2D eigenvalue weighted by Crippen LogP contribution is 2.16. The molecule has 2 rings (SSSR count). The van der Waals surface area contributed by atoms with E-state index in [1.165, 1.54) is 12.5 Å². The van der Waals surface area contributed by atoms with Gasteiger partial charge in [0.25, 0.3) is 11.8 Å². The third-order valence-corrected chi connectivity index (χ3v) is 2.70. The van der Waals surface area contributed by atoms with Crippen LogP contribution in [-0.4, -0.2) is 25.0 Å². The second kappa shape index (κ2) is 7.55. The average Bonchev–Trinajstić information content (AvgIpc) is 3.05. The van der Waals surface area contributed by atoms with Crippen molar-refractivity contribution in [1.82, 2.24) is 5.32 Å². The van der Waals surface area contributed by atoms with Crippen molar-refractivity contribution in [1.29, 1.82) is 0 Å². The molecule has 6 nitrogen and oxygen atoms in total. The minimum Gasteiger partial charge on any atom is -0.480 e. The number of amides is 2. The van der Waals surface area contributed by atoms with Crippen molar-refractivity contribution in [2.45, 2.75) is 0 Å². The number of rotatable bonds is 5. The summed E-state index contributed by atoms with van der Waals surface area (Å²) in [7, 11) is 0. The zero-order valence-electron chi connectivity index (χ0n) is 11.7. The standard InChI is InChI=1S/C16H14N2O4/c17-15(19)13-5-1-2-6-14(13)22-9-4-3-8-18-16(20)12-7-10-21-11-12/h1-2,5-7,10-11H,8-9H2,(H2,17,19)(H,18,20). The van der Waals surface area contributed by atoms with Crippen LogP contribution in [0.15, 0.2) is 47.3 Å². The summed E-state index contributed by atoms with van der Waals surface area (Å²) < 4.78 is 10.2. The minimum atomic E-state index is -0.559. The lowest BCUT2D eigenvalue weighted by Gasteiger charge is -2.05. The van der Waals surface area contributed by atoms with Gasteiger partial charge in [-0.05, 0) is 18.2 Å². The van der Waals surface area contributed by atoms with Crippen LogP contribution in [0.3, 0.4) is 0 Å². The van der Waals surface area contributed by atoms with Gasteiger partial charge in [-0.25, -0.2) is 0 Å². The molecule has 1 heterocycles. The van der Waals surface area contributed by atoms with Gasteiger partial charge in [0.15, 0.2) is 0 Å². The number of furan rings is 1. The number of hydrogen-bond donors (Lipinski definition) is 2. The van der Waals surface area contributed by atoms with Gasteiger partial charge in [0.05, 0.1) is 23.9 Å². The highest BCUT2D eigenvalue weighted by atomic mass is 16.5. The molecule has 0 aliphatic heterocycles. The molecule has 0 radical (unpaired) electrons. The van der Waals surface area contributed by atoms with E-state index in [-0.39, 0.29) is 19.1 Å². The van der Waals surface area contributed by atoms with Crippen LogP contribution in [0, 0.1) is 11.8 Å². The molecule has 3 N–H and O–H groups in total. The summed E-state index contributed by atoms with van der Waals surface area (Å²) in [5.41, 5.74) is 5.98. The molecule has 22 heavy (non-hydrogen) atoms. The highest BCUT2D eigenvalue weighted by molar-refractivity contribution is 5.95. The Hall–Kier alpha value is -3.20. The second-order valence-electron chi connectivity index (χ2n) is 4.20. The molecule has 0 saturated heterocycles. The Kier molecular flexibility index (Phi) is 5.21. The number of hydrogen-bond acceptors (Lipinski definition) is 4. The summed E-state index contributed by atoms with van der Waals surface area (Å²) in [6.07, 6.45) is 2.78. The van der Waals surface area contributed by atoms with Gasteiger partial charge in [0.1, 0.15) is 18.6 Å². The molecule has 112 valence electrons. The van der Waals surface area contributed by atoms with Gasteiger partial charge in [-0.15, -0.1) is 0 Å². The summed E-state index contributed by atoms with van der Waals surface area (Å²) in [5, 5.41) is 2.61. The smallest absolute Gasteiger partial charge is 0.255 e. The van der Waals surface area contributed by atoms with E-state index in [2.05, 4.69) is 17.2 Å². The first-order valence-corrected chi connectivity index (χ1v) is 6.46. The van der Waals surface area contributed by atoms with Crippen molar-refractivity contribution < 1.29 is 18.7 Å². The summed E-state index contributed by atoms with van der Waals surface area (Å²) >= 11 is 0. The van der Waals surface area contributed by atoms with Gasteiger partial charge in [-0.3, -0.25) is 9.59 Å². The van der Waals surface area contributed by atoms with E-state index < -0.39 is 5.91 Å². The van der Waals surface area contributed by atoms with E-state index in [4.69, 9.17) is 14.9 Å². The normalized spacial score (nSPS) is 9.45. The number of benzene rings is 1. The molecule has 0 atom stereocenters. The number of primary amides is 1. The van der Waals surface area contributed by atoms with E-state index in [0.29, 0.717) is 16.9 Å². The zero-order valence-corrected chi connectivity index (χ0v) is 11.7. The number of carbonyl (C=O) groups excluding carboxylic acids is 2. The Morgan fingerprint density at radius 2 is 2.05 bits per heavy atom. The Morgan fingerprint density at radius 1 is 1.23 bits per heavy atom. The molecule has 1 aromatic heterocycles. The number of nitrogens with one attached hydrogen (secondary N) is 1. The average molecular weight is 298 g/mol. The first-order valence-electron chi connectivity index (χ1n) is 6.46. The molecule has 0 spiro atoms. The molecule has 6 heteroatoms. The van der Waals surface area contributed by atoms with E-state index in [1.807, 2.05) is 0 Å². The van der Waals surface area contributed by atoms with Gasteiger partial charge in [0, 0.05) is 0 Å². The third kappa shape index (κ3) is 4.15. The molecular formula is C16H14N2O4. The molecule has 0 bridgehead atoms. The van der Waals surface area contributed by atoms with Crippen LogP contribution in [-0.2, 0) is 0 Å². The number of ether oxygens (including phenoxy) is 1. The number of para-hydroxylation sites is 1. The van der Waals surface area contributed by atoms with Crippen LogP contribution in [0.5, 0.6) is 5.75 Å². The molecule has 0 unspecified atom stereocenters. The Morgan fingerprint density at radius 3 is 2.77 bits per heavy atom. The maximum Gasteiger partial charge on any atom is 0.255 e. The minimum absolute atomic E-state index is 0.0892. The van der Waals surface area contributed by atoms with E-state index in [0.717, 1.165) is 0 Å². The maximum atomic E-state index is 11.6. The monoisotopic (exact) mass is 298 g/mol. The van der Waals surface area contributed by atoms with Crippen LogP contribution < -0.4 is 15.8 Å². The zero-order chi connectivity index (χ0) is 15.8. The second-order valence-corrected chi connectivity index (χ2v) is 4.20. The van der Waals surface area contributed by atoms with E-state index in [1.54, 1.807) is 30.3 Å². The fourth-order valence-corrected chi connectivity index (χ4v) is 1.64. The van der Waals surface area contributed by atoms with Crippen LogP contribution in [0.4, 0.5) is 0 Å². The fraction of sp³-hybridized carbons (Fsp3) is 0.125. The Balaban J connectivity index is 1.78. The highest BCUT2D eigenvalue weighted by Gasteiger charge is 2.07. The Bertz CT molecular complexity index is 711. The van der Waals surface area contributed by atoms with Crippen molar-refractivity contribution >= 4 is 11.8 Å². The lowest BCUT2D eigenvalue weighted by atomic mass is 10.2. The van der Waals surface area contributed by atoms with E-state index in [9.17, 15) is 9.59 Å². The van der Waals surface area contributed by atoms with Crippen molar-refractivity contribution in [2.75, 3.05) is 13.2 Å². The summed E-state index contributed by atoms with van der Waals surface area (Å²) in [6, 6.07) is 8.22. The summed E-state index contributed by atoms with van der Waals surface area (Å²) in [5.74, 6) is 5.04. The maximum absolute atomic E-state index is 11.6. The molecule has 1 aromatic carbocycles. The lowest BCUT2D eigenvalue weighted by molar-refractivity contribution is 0.0956. The van der Waals surface area contributed by atoms with Gasteiger partial charge in [-0.2, -0.15) is 0 Å². The van der Waals surface area contributed by atoms with Crippen molar-refractivity contribution in [3.8, 4) is 17.6 Å². The first-order chi connectivity index (χ1) is 10.7. The van der Waals surface area contributed by atoms with Gasteiger partial charge in [-0.1, -0.05) is 24.0 Å². The SMILES string of the molecule is NC(=O)c1ccccc1OCC#CCNC(=O)c1ccoc1. The molecule has 0 aliphatic carbocycles. The third-order valence-electron chi connectivity index (χ3n) is 2.70. The molecule has 2 amide bonds. The lowest BCUT2D eigenvalue weighted by Crippen LogP contribution is -2.23. The topological polar surface area (TPSA) is 94.6 Å². The predicted molar refractivity (Wildman–Crippen MR) is 79.3 cm³/mol. The first kappa shape index (κ1) is 15.2. The molecule has 2 aromatic rings. The fourth-order valence-electron chi connectivity index (χ4n) is 1.64. The predicted octanol–water partition coefficient (Wildman–Crippen LogP) is 1.19. The van der Waals surface area contributed by atoms with E-state index >= 15 is 0 Å².